The minimum atomic E-state index is 0.457. The molecule has 0 atom stereocenters. The van der Waals surface area contributed by atoms with E-state index >= 15 is 0 Å². The number of hydrogen-bond acceptors (Lipinski definition) is 5. The molecule has 6 heteroatoms. The third-order valence-corrected chi connectivity index (χ3v) is 3.42. The maximum absolute atomic E-state index is 5.36. The van der Waals surface area contributed by atoms with Crippen LogP contribution in [-0.4, -0.2) is 27.2 Å². The molecule has 0 radical (unpaired) electrons. The van der Waals surface area contributed by atoms with Gasteiger partial charge < -0.3 is 14.2 Å². The Hall–Kier alpha value is -3.15. The Morgan fingerprint density at radius 1 is 1.09 bits per heavy atom. The van der Waals surface area contributed by atoms with E-state index in [4.69, 9.17) is 9.26 Å². The molecule has 0 unspecified atom stereocenters. The minimum absolute atomic E-state index is 0.457. The van der Waals surface area contributed by atoms with Crippen LogP contribution < -0.4 is 4.74 Å². The van der Waals surface area contributed by atoms with Crippen LogP contribution in [0.1, 0.15) is 0 Å². The highest BCUT2D eigenvalue weighted by Gasteiger charge is 2.12. The quantitative estimate of drug-likeness (QED) is 0.627. The summed E-state index contributed by atoms with van der Waals surface area (Å²) in [5, 5.41) is 4.05. The fourth-order valence-corrected chi connectivity index (χ4v) is 2.29. The number of H-pyrrole nitrogens is 1. The van der Waals surface area contributed by atoms with E-state index in [9.17, 15) is 0 Å². The summed E-state index contributed by atoms with van der Waals surface area (Å²) in [5.41, 5.74) is 3.53. The first kappa shape index (κ1) is 12.6. The number of methoxy groups -OCH3 is 1. The number of nitrogens with zero attached hydrogens (tertiary/aromatic N) is 3. The standard InChI is InChI=1S/C16H12N4O2/c1-21-12-4-2-3-11(7-12)16-19-15(20-22-16)10-5-6-13-14(8-10)18-9-17-13/h2-9H,1H3,(H,17,18). The molecule has 0 saturated carbocycles. The minimum Gasteiger partial charge on any atom is -0.497 e. The Labute approximate surface area is 125 Å². The van der Waals surface area contributed by atoms with Gasteiger partial charge in [0.25, 0.3) is 5.89 Å². The zero-order valence-corrected chi connectivity index (χ0v) is 11.8. The molecule has 0 aliphatic carbocycles. The SMILES string of the molecule is COc1cccc(-c2nc(-c3ccc4nc[nH]c4c3)no2)c1. The largest absolute Gasteiger partial charge is 0.497 e. The molecule has 2 heterocycles. The zero-order valence-electron chi connectivity index (χ0n) is 11.8. The van der Waals surface area contributed by atoms with E-state index in [-0.39, 0.29) is 0 Å². The van der Waals surface area contributed by atoms with Crippen molar-refractivity contribution in [2.75, 3.05) is 7.11 Å². The molecule has 0 fully saturated rings. The van der Waals surface area contributed by atoms with Crippen molar-refractivity contribution < 1.29 is 9.26 Å². The summed E-state index contributed by atoms with van der Waals surface area (Å²) < 4.78 is 10.6. The number of nitrogens with one attached hydrogen (secondary N) is 1. The number of aromatic amines is 1. The van der Waals surface area contributed by atoms with Gasteiger partial charge in [0, 0.05) is 11.1 Å². The second kappa shape index (κ2) is 5.00. The summed E-state index contributed by atoms with van der Waals surface area (Å²) in [6, 6.07) is 13.3. The van der Waals surface area contributed by atoms with Gasteiger partial charge >= 0.3 is 0 Å². The number of ether oxygens (including phenoxy) is 1. The van der Waals surface area contributed by atoms with Crippen LogP contribution in [0.25, 0.3) is 33.9 Å². The van der Waals surface area contributed by atoms with Gasteiger partial charge in [0.1, 0.15) is 5.75 Å². The second-order valence-corrected chi connectivity index (χ2v) is 4.79. The first-order valence-electron chi connectivity index (χ1n) is 6.75. The van der Waals surface area contributed by atoms with Crippen LogP contribution in [0.15, 0.2) is 53.3 Å². The van der Waals surface area contributed by atoms with Crippen molar-refractivity contribution in [1.29, 1.82) is 0 Å². The molecule has 4 rings (SSSR count). The Bertz CT molecular complexity index is 942. The van der Waals surface area contributed by atoms with Crippen LogP contribution in [0.3, 0.4) is 0 Å². The van der Waals surface area contributed by atoms with Crippen LogP contribution in [0.5, 0.6) is 5.75 Å². The normalized spacial score (nSPS) is 11.0. The monoisotopic (exact) mass is 292 g/mol. The molecule has 4 aromatic rings. The molecule has 1 N–H and O–H groups in total. The molecule has 2 aromatic heterocycles. The van der Waals surface area contributed by atoms with E-state index < -0.39 is 0 Å². The Kier molecular flexibility index (Phi) is 2.86. The van der Waals surface area contributed by atoms with Gasteiger partial charge in [0.05, 0.1) is 24.5 Å². The van der Waals surface area contributed by atoms with Crippen LogP contribution in [0.4, 0.5) is 0 Å². The molecule has 6 nitrogen and oxygen atoms in total. The topological polar surface area (TPSA) is 76.8 Å². The van der Waals surface area contributed by atoms with Gasteiger partial charge in [-0.15, -0.1) is 0 Å². The summed E-state index contributed by atoms with van der Waals surface area (Å²) in [7, 11) is 1.62. The van der Waals surface area contributed by atoms with E-state index in [0.717, 1.165) is 27.9 Å². The summed E-state index contributed by atoms with van der Waals surface area (Å²) >= 11 is 0. The summed E-state index contributed by atoms with van der Waals surface area (Å²) in [5.74, 6) is 1.74. The molecule has 0 aliphatic heterocycles. The Balaban J connectivity index is 1.73. The number of aromatic nitrogens is 4. The molecular weight excluding hydrogens is 280 g/mol. The van der Waals surface area contributed by atoms with Gasteiger partial charge in [-0.05, 0) is 36.4 Å². The van der Waals surface area contributed by atoms with Crippen molar-refractivity contribution in [3.05, 3.63) is 48.8 Å². The van der Waals surface area contributed by atoms with Crippen molar-refractivity contribution in [3.8, 4) is 28.6 Å². The van der Waals surface area contributed by atoms with Gasteiger partial charge in [0.15, 0.2) is 0 Å². The lowest BCUT2D eigenvalue weighted by Gasteiger charge is -1.99. The average Bonchev–Trinajstić information content (AvgIpc) is 3.23. The van der Waals surface area contributed by atoms with Crippen molar-refractivity contribution in [2.45, 2.75) is 0 Å². The fraction of sp³-hybridized carbons (Fsp3) is 0.0625. The summed E-state index contributed by atoms with van der Waals surface area (Å²) in [6.45, 7) is 0. The lowest BCUT2D eigenvalue weighted by molar-refractivity contribution is 0.413. The van der Waals surface area contributed by atoms with E-state index in [1.807, 2.05) is 42.5 Å². The van der Waals surface area contributed by atoms with Crippen molar-refractivity contribution in [1.82, 2.24) is 20.1 Å². The van der Waals surface area contributed by atoms with Gasteiger partial charge in [-0.3, -0.25) is 0 Å². The predicted molar refractivity (Wildman–Crippen MR) is 81.4 cm³/mol. The van der Waals surface area contributed by atoms with E-state index in [2.05, 4.69) is 20.1 Å². The van der Waals surface area contributed by atoms with E-state index in [0.29, 0.717) is 11.7 Å². The number of fused-ring (bicyclic) bond motifs is 1. The van der Waals surface area contributed by atoms with Crippen molar-refractivity contribution in [2.24, 2.45) is 0 Å². The first-order chi connectivity index (χ1) is 10.8. The van der Waals surface area contributed by atoms with Gasteiger partial charge in [0.2, 0.25) is 5.82 Å². The van der Waals surface area contributed by atoms with E-state index in [1.54, 1.807) is 13.4 Å². The molecular formula is C16H12N4O2. The first-order valence-corrected chi connectivity index (χ1v) is 6.75. The highest BCUT2D eigenvalue weighted by atomic mass is 16.5. The Morgan fingerprint density at radius 3 is 2.95 bits per heavy atom. The fourth-order valence-electron chi connectivity index (χ4n) is 2.29. The number of rotatable bonds is 3. The predicted octanol–water partition coefficient (Wildman–Crippen LogP) is 3.29. The molecule has 2 aromatic carbocycles. The van der Waals surface area contributed by atoms with Crippen molar-refractivity contribution in [3.63, 3.8) is 0 Å². The number of benzene rings is 2. The zero-order chi connectivity index (χ0) is 14.9. The maximum Gasteiger partial charge on any atom is 0.258 e. The lowest BCUT2D eigenvalue weighted by atomic mass is 10.2. The van der Waals surface area contributed by atoms with E-state index in [1.165, 1.54) is 0 Å². The summed E-state index contributed by atoms with van der Waals surface area (Å²) in [6.07, 6.45) is 1.66. The van der Waals surface area contributed by atoms with Crippen molar-refractivity contribution >= 4 is 11.0 Å². The maximum atomic E-state index is 5.36. The molecule has 108 valence electrons. The van der Waals surface area contributed by atoms with Gasteiger partial charge in [-0.25, -0.2) is 4.98 Å². The number of hydrogen-bond donors (Lipinski definition) is 1. The number of imidazole rings is 1. The molecule has 0 saturated heterocycles. The smallest absolute Gasteiger partial charge is 0.258 e. The highest BCUT2D eigenvalue weighted by molar-refractivity contribution is 5.80. The Morgan fingerprint density at radius 2 is 2.05 bits per heavy atom. The van der Waals surface area contributed by atoms with Crippen LogP contribution in [-0.2, 0) is 0 Å². The molecule has 0 amide bonds. The molecule has 0 aliphatic rings. The third kappa shape index (κ3) is 2.10. The van der Waals surface area contributed by atoms with Crippen LogP contribution in [0, 0.1) is 0 Å². The molecule has 0 bridgehead atoms. The van der Waals surface area contributed by atoms with Gasteiger partial charge in [-0.2, -0.15) is 4.98 Å². The van der Waals surface area contributed by atoms with Crippen LogP contribution >= 0.6 is 0 Å². The average molecular weight is 292 g/mol. The molecule has 0 spiro atoms. The summed E-state index contributed by atoms with van der Waals surface area (Å²) in [4.78, 5) is 11.7. The third-order valence-electron chi connectivity index (χ3n) is 3.42. The lowest BCUT2D eigenvalue weighted by Crippen LogP contribution is -1.84. The molecule has 22 heavy (non-hydrogen) atoms. The van der Waals surface area contributed by atoms with Gasteiger partial charge in [-0.1, -0.05) is 11.2 Å². The second-order valence-electron chi connectivity index (χ2n) is 4.79. The highest BCUT2D eigenvalue weighted by Crippen LogP contribution is 2.26. The van der Waals surface area contributed by atoms with Crippen LogP contribution in [0.2, 0.25) is 0 Å².